The average Bonchev–Trinajstić information content (AvgIpc) is 3.09. The van der Waals surface area contributed by atoms with Crippen molar-refractivity contribution < 1.29 is 14.6 Å². The monoisotopic (exact) mass is 305 g/mol. The van der Waals surface area contributed by atoms with Crippen LogP contribution >= 0.6 is 0 Å². The molecule has 0 amide bonds. The van der Waals surface area contributed by atoms with Crippen molar-refractivity contribution in [2.24, 2.45) is 5.92 Å². The largest absolute Gasteiger partial charge is 0.458 e. The summed E-state index contributed by atoms with van der Waals surface area (Å²) in [5.74, 6) is 4.90. The SMILES string of the molecule is CC#CC(O)(C(=O)O[C@@H]1CC[C@H]2CC[C@H]1N2C)C1CCCC1. The van der Waals surface area contributed by atoms with Gasteiger partial charge in [0.05, 0.1) is 0 Å². The van der Waals surface area contributed by atoms with Gasteiger partial charge in [0.25, 0.3) is 0 Å². The minimum absolute atomic E-state index is 0.0786. The number of fused-ring (bicyclic) bond motifs is 2. The average molecular weight is 305 g/mol. The molecular weight excluding hydrogens is 278 g/mol. The van der Waals surface area contributed by atoms with Gasteiger partial charge in [0.2, 0.25) is 5.60 Å². The molecule has 4 heteroatoms. The second kappa shape index (κ2) is 6.22. The van der Waals surface area contributed by atoms with Crippen LogP contribution in [0.3, 0.4) is 0 Å². The van der Waals surface area contributed by atoms with Crippen LogP contribution in [0.25, 0.3) is 0 Å². The van der Waals surface area contributed by atoms with E-state index in [1.165, 1.54) is 6.42 Å². The van der Waals surface area contributed by atoms with E-state index in [4.69, 9.17) is 4.74 Å². The highest BCUT2D eigenvalue weighted by atomic mass is 16.6. The van der Waals surface area contributed by atoms with E-state index < -0.39 is 11.6 Å². The fourth-order valence-corrected chi connectivity index (χ4v) is 4.61. The summed E-state index contributed by atoms with van der Waals surface area (Å²) in [7, 11) is 2.12. The molecule has 2 saturated heterocycles. The standard InChI is InChI=1S/C18H27NO3/c1-3-12-18(21,13-6-4-5-7-13)17(20)22-16-11-9-14-8-10-15(16)19(14)2/h13-16,21H,4-11H2,1-2H3/t14-,15-,16-,18?/m1/s1. The van der Waals surface area contributed by atoms with Gasteiger partial charge >= 0.3 is 5.97 Å². The molecule has 0 aromatic rings. The van der Waals surface area contributed by atoms with Gasteiger partial charge in [-0.25, -0.2) is 4.79 Å². The predicted molar refractivity (Wildman–Crippen MR) is 84.0 cm³/mol. The minimum atomic E-state index is -1.61. The molecule has 2 heterocycles. The van der Waals surface area contributed by atoms with E-state index in [1.807, 2.05) is 0 Å². The lowest BCUT2D eigenvalue weighted by atomic mass is 9.86. The van der Waals surface area contributed by atoms with Gasteiger partial charge in [-0.3, -0.25) is 4.90 Å². The first-order valence-corrected chi connectivity index (χ1v) is 8.65. The molecule has 0 spiro atoms. The Hall–Kier alpha value is -1.05. The van der Waals surface area contributed by atoms with E-state index in [9.17, 15) is 9.90 Å². The molecule has 0 aromatic heterocycles. The van der Waals surface area contributed by atoms with Gasteiger partial charge < -0.3 is 9.84 Å². The molecule has 4 nitrogen and oxygen atoms in total. The number of rotatable bonds is 3. The highest BCUT2D eigenvalue weighted by molar-refractivity contribution is 5.84. The Morgan fingerprint density at radius 3 is 2.55 bits per heavy atom. The number of carbonyl (C=O) groups is 1. The predicted octanol–water partition coefficient (Wildman–Crippen LogP) is 2.10. The highest BCUT2D eigenvalue weighted by Gasteiger charge is 2.48. The number of hydrogen-bond donors (Lipinski definition) is 1. The Morgan fingerprint density at radius 2 is 1.86 bits per heavy atom. The van der Waals surface area contributed by atoms with Gasteiger partial charge in [-0.1, -0.05) is 18.8 Å². The third-order valence-corrected chi connectivity index (χ3v) is 5.94. The summed E-state index contributed by atoms with van der Waals surface area (Å²) in [5.41, 5.74) is -1.61. The first-order valence-electron chi connectivity index (χ1n) is 8.65. The zero-order valence-corrected chi connectivity index (χ0v) is 13.7. The molecule has 3 aliphatic rings. The zero-order chi connectivity index (χ0) is 15.7. The van der Waals surface area contributed by atoms with E-state index in [2.05, 4.69) is 23.8 Å². The first-order chi connectivity index (χ1) is 10.6. The number of esters is 1. The second-order valence-corrected chi connectivity index (χ2v) is 7.11. The van der Waals surface area contributed by atoms with Crippen molar-refractivity contribution in [3.05, 3.63) is 0 Å². The molecule has 1 N–H and O–H groups in total. The van der Waals surface area contributed by atoms with Crippen LogP contribution in [0, 0.1) is 17.8 Å². The molecule has 2 aliphatic heterocycles. The molecular formula is C18H27NO3. The topological polar surface area (TPSA) is 49.8 Å². The Kier molecular flexibility index (Phi) is 4.47. The molecule has 4 atom stereocenters. The highest BCUT2D eigenvalue weighted by Crippen LogP contribution is 2.38. The molecule has 3 rings (SSSR count). The molecule has 3 fully saturated rings. The van der Waals surface area contributed by atoms with E-state index in [0.29, 0.717) is 12.1 Å². The maximum absolute atomic E-state index is 12.7. The van der Waals surface area contributed by atoms with Gasteiger partial charge in [-0.15, -0.1) is 5.92 Å². The summed E-state index contributed by atoms with van der Waals surface area (Å²) in [6.07, 6.45) is 7.99. The first kappa shape index (κ1) is 15.8. The quantitative estimate of drug-likeness (QED) is 0.641. The van der Waals surface area contributed by atoms with Crippen LogP contribution in [0.5, 0.6) is 0 Å². The van der Waals surface area contributed by atoms with E-state index >= 15 is 0 Å². The van der Waals surface area contributed by atoms with Crippen LogP contribution in [0.2, 0.25) is 0 Å². The van der Waals surface area contributed by atoms with Crippen LogP contribution in [0.1, 0.15) is 58.3 Å². The second-order valence-electron chi connectivity index (χ2n) is 7.11. The van der Waals surface area contributed by atoms with Crippen LogP contribution < -0.4 is 0 Å². The lowest BCUT2D eigenvalue weighted by Gasteiger charge is -2.38. The number of ether oxygens (including phenoxy) is 1. The summed E-state index contributed by atoms with van der Waals surface area (Å²) in [6, 6.07) is 0.953. The number of carbonyl (C=O) groups excluding carboxylic acids is 1. The maximum Gasteiger partial charge on any atom is 0.351 e. The molecule has 1 saturated carbocycles. The van der Waals surface area contributed by atoms with Crippen molar-refractivity contribution >= 4 is 5.97 Å². The van der Waals surface area contributed by atoms with Crippen molar-refractivity contribution in [2.45, 2.75) is 82.1 Å². The Bertz CT molecular complexity index is 488. The van der Waals surface area contributed by atoms with E-state index in [-0.39, 0.29) is 12.0 Å². The lowest BCUT2D eigenvalue weighted by Crippen LogP contribution is -2.51. The Balaban J connectivity index is 1.72. The Morgan fingerprint density at radius 1 is 1.18 bits per heavy atom. The van der Waals surface area contributed by atoms with E-state index in [0.717, 1.165) is 44.9 Å². The summed E-state index contributed by atoms with van der Waals surface area (Å²) in [6.45, 7) is 1.67. The van der Waals surface area contributed by atoms with Crippen LogP contribution in [-0.4, -0.2) is 46.8 Å². The number of likely N-dealkylation sites (N-methyl/N-ethyl adjacent to an activating group) is 1. The van der Waals surface area contributed by atoms with Crippen molar-refractivity contribution in [1.29, 1.82) is 0 Å². The Labute approximate surface area is 133 Å². The maximum atomic E-state index is 12.7. The number of nitrogens with zero attached hydrogens (tertiary/aromatic N) is 1. The molecule has 22 heavy (non-hydrogen) atoms. The molecule has 2 bridgehead atoms. The van der Waals surface area contributed by atoms with Gasteiger partial charge in [0, 0.05) is 18.0 Å². The molecule has 1 unspecified atom stereocenters. The summed E-state index contributed by atoms with van der Waals surface area (Å²) >= 11 is 0. The van der Waals surface area contributed by atoms with E-state index in [1.54, 1.807) is 6.92 Å². The minimum Gasteiger partial charge on any atom is -0.458 e. The fraction of sp³-hybridized carbons (Fsp3) is 0.833. The van der Waals surface area contributed by atoms with Crippen LogP contribution in [0.15, 0.2) is 0 Å². The summed E-state index contributed by atoms with van der Waals surface area (Å²) in [4.78, 5) is 15.0. The summed E-state index contributed by atoms with van der Waals surface area (Å²) < 4.78 is 5.79. The molecule has 0 aromatic carbocycles. The number of aliphatic hydroxyl groups is 1. The van der Waals surface area contributed by atoms with Gasteiger partial charge in [0.1, 0.15) is 6.10 Å². The van der Waals surface area contributed by atoms with Crippen molar-refractivity contribution in [2.75, 3.05) is 7.05 Å². The third-order valence-electron chi connectivity index (χ3n) is 5.94. The van der Waals surface area contributed by atoms with Gasteiger partial charge in [0.15, 0.2) is 0 Å². The molecule has 0 radical (unpaired) electrons. The number of hydrogen-bond acceptors (Lipinski definition) is 4. The van der Waals surface area contributed by atoms with Gasteiger partial charge in [-0.2, -0.15) is 0 Å². The van der Waals surface area contributed by atoms with Crippen molar-refractivity contribution in [3.8, 4) is 11.8 Å². The van der Waals surface area contributed by atoms with Gasteiger partial charge in [-0.05, 0) is 52.5 Å². The molecule has 1 aliphatic carbocycles. The lowest BCUT2D eigenvalue weighted by molar-refractivity contribution is -0.174. The third kappa shape index (κ3) is 2.66. The van der Waals surface area contributed by atoms with Crippen LogP contribution in [0.4, 0.5) is 0 Å². The summed E-state index contributed by atoms with van der Waals surface area (Å²) in [5, 5.41) is 10.9. The van der Waals surface area contributed by atoms with Crippen molar-refractivity contribution in [3.63, 3.8) is 0 Å². The fourth-order valence-electron chi connectivity index (χ4n) is 4.61. The van der Waals surface area contributed by atoms with Crippen molar-refractivity contribution in [1.82, 2.24) is 4.90 Å². The zero-order valence-electron chi connectivity index (χ0n) is 13.7. The van der Waals surface area contributed by atoms with Crippen LogP contribution in [-0.2, 0) is 9.53 Å². The number of piperidine rings is 1. The molecule has 122 valence electrons. The smallest absolute Gasteiger partial charge is 0.351 e. The normalized spacial score (nSPS) is 34.8.